The highest BCUT2D eigenvalue weighted by molar-refractivity contribution is 6.30. The average Bonchev–Trinajstić information content (AvgIpc) is 2.74. The third-order valence-corrected chi connectivity index (χ3v) is 5.05. The monoisotopic (exact) mass is 401 g/mol. The largest absolute Gasteiger partial charge is 0.374 e. The number of hydrazone groups is 1. The molecule has 5 heteroatoms. The van der Waals surface area contributed by atoms with Crippen molar-refractivity contribution >= 4 is 51.0 Å². The van der Waals surface area contributed by atoms with E-state index in [-0.39, 0.29) is 5.91 Å². The Kier molecular flexibility index (Phi) is 5.45. The average molecular weight is 402 g/mol. The number of carbonyl (C=O) groups excluding carboxylic acids is 1. The van der Waals surface area contributed by atoms with Gasteiger partial charge in [0, 0.05) is 16.3 Å². The van der Waals surface area contributed by atoms with Crippen LogP contribution in [0.5, 0.6) is 0 Å². The number of rotatable bonds is 5. The topological polar surface area (TPSA) is 53.5 Å². The summed E-state index contributed by atoms with van der Waals surface area (Å²) >= 11 is 5.89. The number of amides is 1. The number of nitrogens with one attached hydrogen (secondary N) is 2. The van der Waals surface area contributed by atoms with Crippen LogP contribution < -0.4 is 10.7 Å². The fourth-order valence-corrected chi connectivity index (χ4v) is 3.43. The van der Waals surface area contributed by atoms with Gasteiger partial charge in [-0.3, -0.25) is 4.79 Å². The first-order chi connectivity index (χ1) is 14.1. The van der Waals surface area contributed by atoms with Gasteiger partial charge < -0.3 is 5.32 Å². The van der Waals surface area contributed by atoms with E-state index in [9.17, 15) is 4.79 Å². The number of benzene rings is 4. The minimum Gasteiger partial charge on any atom is -0.374 e. The summed E-state index contributed by atoms with van der Waals surface area (Å²) in [4.78, 5) is 12.4. The maximum atomic E-state index is 12.4. The van der Waals surface area contributed by atoms with Gasteiger partial charge in [-0.2, -0.15) is 5.10 Å². The first kappa shape index (κ1) is 19.0. The highest BCUT2D eigenvalue weighted by Crippen LogP contribution is 2.27. The Morgan fingerprint density at radius 1 is 0.931 bits per heavy atom. The molecule has 1 atom stereocenters. The summed E-state index contributed by atoms with van der Waals surface area (Å²) in [6, 6.07) is 25.3. The van der Waals surface area contributed by atoms with Gasteiger partial charge in [0.05, 0.1) is 6.21 Å². The Balaban J connectivity index is 1.54. The molecule has 0 aliphatic rings. The summed E-state index contributed by atoms with van der Waals surface area (Å²) < 4.78 is 0. The van der Waals surface area contributed by atoms with E-state index in [1.165, 1.54) is 0 Å². The summed E-state index contributed by atoms with van der Waals surface area (Å²) in [5.74, 6) is -0.222. The van der Waals surface area contributed by atoms with Crippen LogP contribution in [-0.4, -0.2) is 18.2 Å². The van der Waals surface area contributed by atoms with E-state index in [0.717, 1.165) is 32.8 Å². The minimum absolute atomic E-state index is 0.222. The van der Waals surface area contributed by atoms with Gasteiger partial charge in [0.2, 0.25) is 0 Å². The molecule has 0 heterocycles. The van der Waals surface area contributed by atoms with Crippen molar-refractivity contribution in [2.75, 3.05) is 5.32 Å². The van der Waals surface area contributed by atoms with Crippen molar-refractivity contribution in [1.82, 2.24) is 5.43 Å². The Bertz CT molecular complexity index is 1150. The molecule has 2 N–H and O–H groups in total. The van der Waals surface area contributed by atoms with Gasteiger partial charge in [-0.1, -0.05) is 60.1 Å². The first-order valence-electron chi connectivity index (χ1n) is 9.37. The molecule has 0 aliphatic carbocycles. The number of anilines is 1. The second kappa shape index (κ2) is 8.33. The summed E-state index contributed by atoms with van der Waals surface area (Å²) in [6.07, 6.45) is 1.72. The minimum atomic E-state index is -0.447. The van der Waals surface area contributed by atoms with E-state index < -0.39 is 6.04 Å². The van der Waals surface area contributed by atoms with Crippen LogP contribution in [0.15, 0.2) is 84.0 Å². The molecule has 0 fully saturated rings. The number of halogens is 1. The molecule has 1 unspecified atom stereocenters. The second-order valence-corrected chi connectivity index (χ2v) is 7.28. The molecule has 29 heavy (non-hydrogen) atoms. The van der Waals surface area contributed by atoms with Gasteiger partial charge >= 0.3 is 0 Å². The Hall–Kier alpha value is -3.37. The van der Waals surface area contributed by atoms with Crippen LogP contribution in [0.2, 0.25) is 5.02 Å². The lowest BCUT2D eigenvalue weighted by molar-refractivity contribution is -0.121. The summed E-state index contributed by atoms with van der Waals surface area (Å²) in [5, 5.41) is 12.5. The van der Waals surface area contributed by atoms with E-state index in [4.69, 9.17) is 11.6 Å². The fourth-order valence-electron chi connectivity index (χ4n) is 3.31. The third kappa shape index (κ3) is 4.23. The van der Waals surface area contributed by atoms with Crippen LogP contribution in [0.25, 0.3) is 21.5 Å². The molecule has 0 bridgehead atoms. The van der Waals surface area contributed by atoms with Gasteiger partial charge in [-0.15, -0.1) is 0 Å². The predicted molar refractivity (Wildman–Crippen MR) is 122 cm³/mol. The van der Waals surface area contributed by atoms with Gasteiger partial charge in [0.1, 0.15) is 6.04 Å². The maximum Gasteiger partial charge on any atom is 0.262 e. The molecule has 0 spiro atoms. The van der Waals surface area contributed by atoms with E-state index >= 15 is 0 Å². The Labute approximate surface area is 174 Å². The van der Waals surface area contributed by atoms with E-state index in [1.54, 1.807) is 25.3 Å². The van der Waals surface area contributed by atoms with Crippen LogP contribution in [0.4, 0.5) is 5.69 Å². The van der Waals surface area contributed by atoms with E-state index in [1.807, 2.05) is 36.4 Å². The summed E-state index contributed by atoms with van der Waals surface area (Å²) in [6.45, 7) is 1.78. The quantitative estimate of drug-likeness (QED) is 0.260. The summed E-state index contributed by atoms with van der Waals surface area (Å²) in [5.41, 5.74) is 4.44. The molecular weight excluding hydrogens is 382 g/mol. The Morgan fingerprint density at radius 2 is 1.52 bits per heavy atom. The lowest BCUT2D eigenvalue weighted by atomic mass is 9.97. The van der Waals surface area contributed by atoms with Crippen molar-refractivity contribution in [1.29, 1.82) is 0 Å². The number of nitrogens with zero attached hydrogens (tertiary/aromatic N) is 1. The third-order valence-electron chi connectivity index (χ3n) is 4.80. The van der Waals surface area contributed by atoms with E-state index in [2.05, 4.69) is 46.2 Å². The van der Waals surface area contributed by atoms with Crippen LogP contribution in [0.1, 0.15) is 12.5 Å². The molecule has 4 rings (SSSR count). The molecule has 1 amide bonds. The lowest BCUT2D eigenvalue weighted by Crippen LogP contribution is -2.34. The van der Waals surface area contributed by atoms with Crippen molar-refractivity contribution in [2.45, 2.75) is 13.0 Å². The lowest BCUT2D eigenvalue weighted by Gasteiger charge is -2.13. The van der Waals surface area contributed by atoms with Gasteiger partial charge in [-0.25, -0.2) is 5.43 Å². The first-order valence-corrected chi connectivity index (χ1v) is 9.75. The predicted octanol–water partition coefficient (Wildman–Crippen LogP) is 5.60. The normalized spacial score (nSPS) is 12.3. The van der Waals surface area contributed by atoms with Gasteiger partial charge in [0.25, 0.3) is 5.91 Å². The van der Waals surface area contributed by atoms with Gasteiger partial charge in [0.15, 0.2) is 0 Å². The zero-order valence-corrected chi connectivity index (χ0v) is 16.6. The molecule has 0 aromatic heterocycles. The SMILES string of the molecule is CC(Nc1ccc(Cl)cc1)C(=O)N/N=C/c1c2ccccc2cc2ccccc12. The van der Waals surface area contributed by atoms with Crippen LogP contribution in [0, 0.1) is 0 Å². The number of carbonyl (C=O) groups is 1. The molecule has 4 aromatic rings. The number of hydrogen-bond acceptors (Lipinski definition) is 3. The highest BCUT2D eigenvalue weighted by Gasteiger charge is 2.12. The molecule has 0 aliphatic heterocycles. The number of fused-ring (bicyclic) bond motifs is 2. The molecule has 144 valence electrons. The highest BCUT2D eigenvalue weighted by atomic mass is 35.5. The molecule has 4 aromatic carbocycles. The van der Waals surface area contributed by atoms with Crippen molar-refractivity contribution in [3.05, 3.63) is 89.4 Å². The molecule has 0 saturated carbocycles. The van der Waals surface area contributed by atoms with Crippen molar-refractivity contribution in [2.24, 2.45) is 5.10 Å². The maximum absolute atomic E-state index is 12.4. The smallest absolute Gasteiger partial charge is 0.262 e. The number of hydrogen-bond donors (Lipinski definition) is 2. The zero-order chi connectivity index (χ0) is 20.2. The van der Waals surface area contributed by atoms with Crippen LogP contribution >= 0.6 is 11.6 Å². The standard InChI is InChI=1S/C24H20ClN3O/c1-16(27-20-12-10-19(25)11-13-20)24(29)28-26-15-23-21-8-4-2-6-17(21)14-18-7-3-5-9-22(18)23/h2-16,27H,1H3,(H,28,29)/b26-15+. The van der Waals surface area contributed by atoms with E-state index in [0.29, 0.717) is 5.02 Å². The summed E-state index contributed by atoms with van der Waals surface area (Å²) in [7, 11) is 0. The van der Waals surface area contributed by atoms with Gasteiger partial charge in [-0.05, 0) is 58.8 Å². The zero-order valence-electron chi connectivity index (χ0n) is 15.9. The second-order valence-electron chi connectivity index (χ2n) is 6.84. The van der Waals surface area contributed by atoms with Crippen LogP contribution in [0.3, 0.4) is 0 Å². The molecular formula is C24H20ClN3O. The molecule has 0 radical (unpaired) electrons. The molecule has 0 saturated heterocycles. The Morgan fingerprint density at radius 3 is 2.14 bits per heavy atom. The van der Waals surface area contributed by atoms with Crippen molar-refractivity contribution < 1.29 is 4.79 Å². The fraction of sp³-hybridized carbons (Fsp3) is 0.0833. The van der Waals surface area contributed by atoms with Crippen LogP contribution in [-0.2, 0) is 4.79 Å². The van der Waals surface area contributed by atoms with Crippen molar-refractivity contribution in [3.63, 3.8) is 0 Å². The molecule has 4 nitrogen and oxygen atoms in total. The van der Waals surface area contributed by atoms with Crippen molar-refractivity contribution in [3.8, 4) is 0 Å².